The minimum absolute atomic E-state index is 0. The van der Waals surface area contributed by atoms with Gasteiger partial charge in [-0.15, -0.1) is 0 Å². The highest BCUT2D eigenvalue weighted by Gasteiger charge is 2.17. The van der Waals surface area contributed by atoms with Crippen molar-refractivity contribution in [1.82, 2.24) is 4.90 Å². The third-order valence-corrected chi connectivity index (χ3v) is 3.37. The predicted octanol–water partition coefficient (Wildman–Crippen LogP) is 0.624. The van der Waals surface area contributed by atoms with Gasteiger partial charge in [0.15, 0.2) is 0 Å². The van der Waals surface area contributed by atoms with Crippen LogP contribution in [0.4, 0.5) is 4.79 Å². The monoisotopic (exact) mass is 348 g/mol. The first-order chi connectivity index (χ1) is 10.8. The lowest BCUT2D eigenvalue weighted by molar-refractivity contribution is -0.884. The van der Waals surface area contributed by atoms with Crippen LogP contribution in [-0.4, -0.2) is 50.7 Å². The molecular formula is C19H25ClN2O2. The number of halogens is 1. The van der Waals surface area contributed by atoms with Gasteiger partial charge in [-0.2, -0.15) is 0 Å². The Morgan fingerprint density at radius 3 is 2.17 bits per heavy atom. The van der Waals surface area contributed by atoms with Crippen LogP contribution in [0.2, 0.25) is 0 Å². The van der Waals surface area contributed by atoms with Gasteiger partial charge in [-0.25, -0.2) is 4.79 Å². The van der Waals surface area contributed by atoms with Crippen molar-refractivity contribution in [2.24, 2.45) is 0 Å². The van der Waals surface area contributed by atoms with E-state index in [4.69, 9.17) is 4.74 Å². The second kappa shape index (κ2) is 8.18. The number of ether oxygens (including phenoxy) is 1. The van der Waals surface area contributed by atoms with Gasteiger partial charge in [-0.3, -0.25) is 0 Å². The lowest BCUT2D eigenvalue weighted by Crippen LogP contribution is -3.00. The van der Waals surface area contributed by atoms with Gasteiger partial charge in [0.2, 0.25) is 0 Å². The number of hydrogen-bond acceptors (Lipinski definition) is 2. The van der Waals surface area contributed by atoms with E-state index in [9.17, 15) is 4.79 Å². The summed E-state index contributed by atoms with van der Waals surface area (Å²) in [5.41, 5.74) is 3.30. The van der Waals surface area contributed by atoms with E-state index in [1.54, 1.807) is 14.1 Å². The first-order valence-corrected chi connectivity index (χ1v) is 7.64. The van der Waals surface area contributed by atoms with Crippen LogP contribution in [0.5, 0.6) is 5.75 Å². The molecule has 2 aromatic carbocycles. The Kier molecular flexibility index (Phi) is 6.81. The number of quaternary nitrogens is 1. The zero-order valence-corrected chi connectivity index (χ0v) is 15.7. The molecule has 0 unspecified atom stereocenters. The van der Waals surface area contributed by atoms with E-state index in [0.29, 0.717) is 5.75 Å². The van der Waals surface area contributed by atoms with E-state index in [1.165, 1.54) is 4.90 Å². The van der Waals surface area contributed by atoms with Crippen molar-refractivity contribution in [1.29, 1.82) is 0 Å². The third-order valence-electron chi connectivity index (χ3n) is 3.37. The van der Waals surface area contributed by atoms with Gasteiger partial charge in [0.25, 0.3) is 0 Å². The van der Waals surface area contributed by atoms with Crippen molar-refractivity contribution >= 4 is 6.09 Å². The molecule has 1 amide bonds. The second-order valence-corrected chi connectivity index (χ2v) is 6.90. The molecule has 130 valence electrons. The second-order valence-electron chi connectivity index (χ2n) is 6.90. The number of carbonyl (C=O) groups is 1. The van der Waals surface area contributed by atoms with Crippen LogP contribution in [0.1, 0.15) is 5.56 Å². The molecule has 0 aliphatic rings. The maximum Gasteiger partial charge on any atom is 0.414 e. The Morgan fingerprint density at radius 2 is 1.62 bits per heavy atom. The zero-order valence-electron chi connectivity index (χ0n) is 14.9. The standard InChI is InChI=1S/C19H25N2O2.ClH/c1-20(2)19(22)23-18-12-11-16(15-9-7-6-8-10-15)13-17(18)14-21(3,4)5;/h6-13H,14H2,1-5H3;1H/q+1;/p-1. The molecule has 0 heterocycles. The van der Waals surface area contributed by atoms with E-state index >= 15 is 0 Å². The van der Waals surface area contributed by atoms with Crippen LogP contribution in [0.3, 0.4) is 0 Å². The van der Waals surface area contributed by atoms with E-state index in [-0.39, 0.29) is 18.5 Å². The van der Waals surface area contributed by atoms with Crippen molar-refractivity contribution in [3.05, 3.63) is 54.1 Å². The molecule has 0 spiro atoms. The minimum Gasteiger partial charge on any atom is -1.00 e. The molecule has 0 saturated carbocycles. The molecule has 2 aromatic rings. The number of rotatable bonds is 4. The molecule has 0 N–H and O–H groups in total. The molecular weight excluding hydrogens is 324 g/mol. The van der Waals surface area contributed by atoms with Crippen LogP contribution in [-0.2, 0) is 6.54 Å². The lowest BCUT2D eigenvalue weighted by atomic mass is 10.0. The quantitative estimate of drug-likeness (QED) is 0.758. The molecule has 5 heteroatoms. The summed E-state index contributed by atoms with van der Waals surface area (Å²) in [4.78, 5) is 13.3. The van der Waals surface area contributed by atoms with Gasteiger partial charge in [0.1, 0.15) is 12.3 Å². The van der Waals surface area contributed by atoms with E-state index in [2.05, 4.69) is 39.3 Å². The molecule has 0 saturated heterocycles. The molecule has 0 aliphatic carbocycles. The first-order valence-electron chi connectivity index (χ1n) is 7.64. The summed E-state index contributed by atoms with van der Waals surface area (Å²) >= 11 is 0. The van der Waals surface area contributed by atoms with Gasteiger partial charge in [-0.1, -0.05) is 36.4 Å². The number of nitrogens with zero attached hydrogens (tertiary/aromatic N) is 2. The molecule has 4 nitrogen and oxygen atoms in total. The summed E-state index contributed by atoms with van der Waals surface area (Å²) in [5.74, 6) is 0.622. The van der Waals surface area contributed by atoms with Gasteiger partial charge in [0.05, 0.1) is 21.1 Å². The summed E-state index contributed by atoms with van der Waals surface area (Å²) in [5, 5.41) is 0. The Bertz CT molecular complexity index is 680. The van der Waals surface area contributed by atoms with Crippen molar-refractivity contribution in [2.75, 3.05) is 35.2 Å². The van der Waals surface area contributed by atoms with Crippen molar-refractivity contribution in [2.45, 2.75) is 6.54 Å². The van der Waals surface area contributed by atoms with Gasteiger partial charge in [-0.05, 0) is 23.3 Å². The molecule has 24 heavy (non-hydrogen) atoms. The van der Waals surface area contributed by atoms with Gasteiger partial charge in [0, 0.05) is 19.7 Å². The van der Waals surface area contributed by atoms with E-state index in [1.807, 2.05) is 30.3 Å². The van der Waals surface area contributed by atoms with Crippen LogP contribution in [0.25, 0.3) is 11.1 Å². The molecule has 0 bridgehead atoms. The SMILES string of the molecule is CN(C)C(=O)Oc1ccc(-c2ccccc2)cc1C[N+](C)(C)C.[Cl-]. The number of amides is 1. The Balaban J connectivity index is 0.00000288. The Morgan fingerprint density at radius 1 is 1.00 bits per heavy atom. The molecule has 0 radical (unpaired) electrons. The van der Waals surface area contributed by atoms with Crippen molar-refractivity contribution < 1.29 is 26.4 Å². The highest BCUT2D eigenvalue weighted by atomic mass is 35.5. The van der Waals surface area contributed by atoms with Gasteiger partial charge >= 0.3 is 6.09 Å². The fourth-order valence-corrected chi connectivity index (χ4v) is 2.31. The largest absolute Gasteiger partial charge is 1.00 e. The van der Waals surface area contributed by atoms with Gasteiger partial charge < -0.3 is 26.5 Å². The van der Waals surface area contributed by atoms with Crippen molar-refractivity contribution in [3.63, 3.8) is 0 Å². The first kappa shape index (κ1) is 20.0. The van der Waals surface area contributed by atoms with Crippen LogP contribution >= 0.6 is 0 Å². The van der Waals surface area contributed by atoms with Crippen LogP contribution < -0.4 is 17.1 Å². The predicted molar refractivity (Wildman–Crippen MR) is 93.3 cm³/mol. The number of hydrogen-bond donors (Lipinski definition) is 0. The van der Waals surface area contributed by atoms with Crippen LogP contribution in [0.15, 0.2) is 48.5 Å². The average Bonchev–Trinajstić information content (AvgIpc) is 2.48. The molecule has 0 aromatic heterocycles. The molecule has 0 atom stereocenters. The van der Waals surface area contributed by atoms with E-state index in [0.717, 1.165) is 27.7 Å². The maximum absolute atomic E-state index is 11.9. The normalized spacial score (nSPS) is 10.7. The summed E-state index contributed by atoms with van der Waals surface area (Å²) in [6, 6.07) is 16.2. The smallest absolute Gasteiger partial charge is 0.414 e. The molecule has 0 fully saturated rings. The fourth-order valence-electron chi connectivity index (χ4n) is 2.31. The molecule has 0 aliphatic heterocycles. The molecule has 2 rings (SSSR count). The van der Waals surface area contributed by atoms with E-state index < -0.39 is 0 Å². The lowest BCUT2D eigenvalue weighted by Gasteiger charge is -2.25. The maximum atomic E-state index is 11.9. The van der Waals surface area contributed by atoms with Crippen LogP contribution in [0, 0.1) is 0 Å². The number of benzene rings is 2. The summed E-state index contributed by atoms with van der Waals surface area (Å²) < 4.78 is 6.28. The summed E-state index contributed by atoms with van der Waals surface area (Å²) in [6.07, 6.45) is -0.361. The summed E-state index contributed by atoms with van der Waals surface area (Å²) in [7, 11) is 9.71. The Labute approximate surface area is 150 Å². The fraction of sp³-hybridized carbons (Fsp3) is 0.316. The minimum atomic E-state index is -0.361. The Hall–Kier alpha value is -2.04. The topological polar surface area (TPSA) is 29.5 Å². The third kappa shape index (κ3) is 5.55. The highest BCUT2D eigenvalue weighted by Crippen LogP contribution is 2.28. The number of carbonyl (C=O) groups excluding carboxylic acids is 1. The van der Waals surface area contributed by atoms with Crippen molar-refractivity contribution in [3.8, 4) is 16.9 Å². The summed E-state index contributed by atoms with van der Waals surface area (Å²) in [6.45, 7) is 0.775. The zero-order chi connectivity index (χ0) is 17.0. The average molecular weight is 349 g/mol. The highest BCUT2D eigenvalue weighted by molar-refractivity contribution is 5.72.